The number of nitrogens with two attached hydrogens (primary N) is 1. The predicted molar refractivity (Wildman–Crippen MR) is 58.0 cm³/mol. The number of thioether (sulfide) groups is 1. The van der Waals surface area contributed by atoms with E-state index in [4.69, 9.17) is 5.73 Å². The van der Waals surface area contributed by atoms with E-state index in [0.717, 1.165) is 12.8 Å². The van der Waals surface area contributed by atoms with E-state index >= 15 is 0 Å². The molecule has 1 fully saturated rings. The summed E-state index contributed by atoms with van der Waals surface area (Å²) >= 11 is 1.21. The Morgan fingerprint density at radius 2 is 2.07 bits per heavy atom. The van der Waals surface area contributed by atoms with Crippen molar-refractivity contribution in [1.29, 1.82) is 0 Å². The third-order valence-corrected chi connectivity index (χ3v) is 3.47. The minimum Gasteiger partial charge on any atom is -0.325 e. The lowest BCUT2D eigenvalue weighted by Gasteiger charge is -2.11. The van der Waals surface area contributed by atoms with Crippen LogP contribution in [0.5, 0.6) is 0 Å². The molecule has 0 saturated heterocycles. The second-order valence-electron chi connectivity index (χ2n) is 4.12. The van der Waals surface area contributed by atoms with Gasteiger partial charge in [0.1, 0.15) is 11.6 Å². The number of rotatable bonds is 3. The highest BCUT2D eigenvalue weighted by molar-refractivity contribution is 7.98. The molecule has 0 unspecified atom stereocenters. The zero-order valence-corrected chi connectivity index (χ0v) is 9.33. The highest BCUT2D eigenvalue weighted by Gasteiger charge is 2.38. The van der Waals surface area contributed by atoms with Crippen molar-refractivity contribution in [2.75, 3.05) is 6.26 Å². The average Bonchev–Trinajstić information content (AvgIpc) is 2.89. The molecule has 1 aliphatic carbocycles. The van der Waals surface area contributed by atoms with Crippen LogP contribution in [0.3, 0.4) is 0 Å². The molecule has 0 radical (unpaired) electrons. The second-order valence-corrected chi connectivity index (χ2v) is 4.97. The summed E-state index contributed by atoms with van der Waals surface area (Å²) < 4.78 is 26.9. The van der Waals surface area contributed by atoms with Gasteiger partial charge in [0.05, 0.1) is 0 Å². The van der Waals surface area contributed by atoms with Crippen LogP contribution >= 0.6 is 11.8 Å². The first-order valence-electron chi connectivity index (χ1n) is 4.85. The molecule has 1 saturated carbocycles. The Morgan fingerprint density at radius 1 is 1.40 bits per heavy atom. The Bertz CT molecular complexity index is 388. The van der Waals surface area contributed by atoms with Crippen LogP contribution in [0, 0.1) is 11.6 Å². The molecular formula is C11H13F2NS. The Labute approximate surface area is 92.0 Å². The third kappa shape index (κ3) is 2.32. The van der Waals surface area contributed by atoms with Crippen LogP contribution in [-0.4, -0.2) is 11.8 Å². The summed E-state index contributed by atoms with van der Waals surface area (Å²) in [5.74, 6) is -0.708. The van der Waals surface area contributed by atoms with E-state index < -0.39 is 0 Å². The van der Waals surface area contributed by atoms with Crippen LogP contribution in [0.1, 0.15) is 18.4 Å². The van der Waals surface area contributed by atoms with Gasteiger partial charge in [0.15, 0.2) is 0 Å². The van der Waals surface area contributed by atoms with Crippen molar-refractivity contribution in [3.05, 3.63) is 29.3 Å². The van der Waals surface area contributed by atoms with Crippen molar-refractivity contribution < 1.29 is 8.78 Å². The lowest BCUT2D eigenvalue weighted by molar-refractivity contribution is 0.544. The van der Waals surface area contributed by atoms with Crippen molar-refractivity contribution in [2.45, 2.75) is 29.7 Å². The number of hydrogen-bond donors (Lipinski definition) is 1. The first-order chi connectivity index (χ1) is 7.04. The van der Waals surface area contributed by atoms with Gasteiger partial charge in [-0.15, -0.1) is 11.8 Å². The molecule has 1 aliphatic rings. The van der Waals surface area contributed by atoms with Gasteiger partial charge in [0.2, 0.25) is 0 Å². The molecule has 4 heteroatoms. The molecule has 82 valence electrons. The molecule has 0 atom stereocenters. The van der Waals surface area contributed by atoms with E-state index in [1.807, 2.05) is 0 Å². The molecule has 2 rings (SSSR count). The van der Waals surface area contributed by atoms with Crippen LogP contribution in [-0.2, 0) is 6.42 Å². The molecule has 0 aliphatic heterocycles. The highest BCUT2D eigenvalue weighted by Crippen LogP contribution is 2.37. The van der Waals surface area contributed by atoms with Crippen LogP contribution < -0.4 is 5.73 Å². The first kappa shape index (κ1) is 10.9. The molecule has 0 bridgehead atoms. The van der Waals surface area contributed by atoms with Gasteiger partial charge in [-0.2, -0.15) is 0 Å². The quantitative estimate of drug-likeness (QED) is 0.806. The summed E-state index contributed by atoms with van der Waals surface area (Å²) in [5.41, 5.74) is 6.01. The number of halogens is 2. The van der Waals surface area contributed by atoms with Crippen molar-refractivity contribution in [1.82, 2.24) is 0 Å². The highest BCUT2D eigenvalue weighted by atomic mass is 32.2. The smallest absolute Gasteiger partial charge is 0.140 e. The topological polar surface area (TPSA) is 26.0 Å². The fourth-order valence-electron chi connectivity index (χ4n) is 1.61. The van der Waals surface area contributed by atoms with Gasteiger partial charge in [0.25, 0.3) is 0 Å². The molecule has 0 spiro atoms. The molecular weight excluding hydrogens is 216 g/mol. The van der Waals surface area contributed by atoms with E-state index in [9.17, 15) is 8.78 Å². The molecule has 0 amide bonds. The lowest BCUT2D eigenvalue weighted by atomic mass is 10.0. The summed E-state index contributed by atoms with van der Waals surface area (Å²) in [6, 6.07) is 2.47. The van der Waals surface area contributed by atoms with E-state index in [0.29, 0.717) is 16.9 Å². The molecule has 0 heterocycles. The maximum absolute atomic E-state index is 13.8. The third-order valence-electron chi connectivity index (χ3n) is 2.73. The Kier molecular flexibility index (Phi) is 2.73. The largest absolute Gasteiger partial charge is 0.325 e. The molecule has 2 N–H and O–H groups in total. The Balaban J connectivity index is 2.32. The summed E-state index contributed by atoms with van der Waals surface area (Å²) in [4.78, 5) is 0.356. The molecule has 0 aromatic heterocycles. The van der Waals surface area contributed by atoms with Crippen molar-refractivity contribution in [3.8, 4) is 0 Å². The van der Waals surface area contributed by atoms with Gasteiger partial charge < -0.3 is 5.73 Å². The fourth-order valence-corrected chi connectivity index (χ4v) is 2.15. The number of benzene rings is 1. The van der Waals surface area contributed by atoms with Crippen LogP contribution in [0.2, 0.25) is 0 Å². The van der Waals surface area contributed by atoms with Crippen LogP contribution in [0.25, 0.3) is 0 Å². The van der Waals surface area contributed by atoms with Gasteiger partial charge >= 0.3 is 0 Å². The molecule has 1 nitrogen and oxygen atoms in total. The summed E-state index contributed by atoms with van der Waals surface area (Å²) in [7, 11) is 0. The van der Waals surface area contributed by atoms with Crippen molar-refractivity contribution in [3.63, 3.8) is 0 Å². The fraction of sp³-hybridized carbons (Fsp3) is 0.455. The Morgan fingerprint density at radius 3 is 2.60 bits per heavy atom. The maximum atomic E-state index is 13.8. The monoisotopic (exact) mass is 229 g/mol. The van der Waals surface area contributed by atoms with Gasteiger partial charge in [-0.3, -0.25) is 0 Å². The summed E-state index contributed by atoms with van der Waals surface area (Å²) in [6.45, 7) is 0. The zero-order chi connectivity index (χ0) is 11.1. The number of hydrogen-bond acceptors (Lipinski definition) is 2. The van der Waals surface area contributed by atoms with Gasteiger partial charge in [-0.25, -0.2) is 8.78 Å². The van der Waals surface area contributed by atoms with Gasteiger partial charge in [-0.05, 0) is 43.2 Å². The minimum atomic E-state index is -0.389. The van der Waals surface area contributed by atoms with Crippen LogP contribution in [0.4, 0.5) is 8.78 Å². The SMILES string of the molecule is CSc1cc(F)cc(CC2(N)CC2)c1F. The standard InChI is InChI=1S/C11H13F2NS/c1-15-9-5-8(12)4-7(10(9)13)6-11(14)2-3-11/h4-5H,2-3,6,14H2,1H3. The minimum absolute atomic E-state index is 0.287. The van der Waals surface area contributed by atoms with E-state index in [1.54, 1.807) is 6.26 Å². The first-order valence-corrected chi connectivity index (χ1v) is 6.07. The van der Waals surface area contributed by atoms with E-state index in [1.165, 1.54) is 23.9 Å². The van der Waals surface area contributed by atoms with E-state index in [-0.39, 0.29) is 17.2 Å². The second kappa shape index (κ2) is 3.76. The predicted octanol–water partition coefficient (Wildman–Crippen LogP) is 2.72. The lowest BCUT2D eigenvalue weighted by Crippen LogP contribution is -2.25. The summed E-state index contributed by atoms with van der Waals surface area (Å²) in [5, 5.41) is 0. The Hall–Kier alpha value is -0.610. The van der Waals surface area contributed by atoms with Crippen molar-refractivity contribution in [2.24, 2.45) is 5.73 Å². The normalized spacial score (nSPS) is 17.9. The maximum Gasteiger partial charge on any atom is 0.140 e. The molecule has 15 heavy (non-hydrogen) atoms. The van der Waals surface area contributed by atoms with Crippen molar-refractivity contribution >= 4 is 11.8 Å². The van der Waals surface area contributed by atoms with Gasteiger partial charge in [-0.1, -0.05) is 0 Å². The molecule has 1 aromatic rings. The summed E-state index contributed by atoms with van der Waals surface area (Å²) in [6.07, 6.45) is 3.97. The average molecular weight is 229 g/mol. The van der Waals surface area contributed by atoms with Crippen LogP contribution in [0.15, 0.2) is 17.0 Å². The van der Waals surface area contributed by atoms with Gasteiger partial charge in [0, 0.05) is 10.4 Å². The molecule has 1 aromatic carbocycles. The van der Waals surface area contributed by atoms with E-state index in [2.05, 4.69) is 0 Å². The zero-order valence-electron chi connectivity index (χ0n) is 8.52.